The lowest BCUT2D eigenvalue weighted by Gasteiger charge is -2.37. The molecule has 146 valence electrons. The number of piperidine rings is 1. The maximum absolute atomic E-state index is 12.9. The molecule has 29 heavy (non-hydrogen) atoms. The molecule has 5 nitrogen and oxygen atoms in total. The third kappa shape index (κ3) is 4.12. The lowest BCUT2D eigenvalue weighted by molar-refractivity contribution is -0.133. The topological polar surface area (TPSA) is 69.9 Å². The molecule has 5 heteroatoms. The van der Waals surface area contributed by atoms with Crippen LogP contribution in [0.4, 0.5) is 0 Å². The van der Waals surface area contributed by atoms with Crippen molar-refractivity contribution in [3.05, 3.63) is 71.7 Å². The van der Waals surface area contributed by atoms with Gasteiger partial charge in [0.05, 0.1) is 11.1 Å². The van der Waals surface area contributed by atoms with Crippen molar-refractivity contribution in [2.45, 2.75) is 32.1 Å². The summed E-state index contributed by atoms with van der Waals surface area (Å²) in [7, 11) is 0. The SMILES string of the molecule is CC1CC(c2ccc(C#N)c3ncccc23)CN(C(=O)CCc2cccnc2)C1. The molecule has 2 unspecified atom stereocenters. The smallest absolute Gasteiger partial charge is 0.222 e. The number of carbonyl (C=O) groups excluding carboxylic acids is 1. The van der Waals surface area contributed by atoms with E-state index in [4.69, 9.17) is 0 Å². The summed E-state index contributed by atoms with van der Waals surface area (Å²) >= 11 is 0. The molecule has 0 bridgehead atoms. The van der Waals surface area contributed by atoms with Gasteiger partial charge >= 0.3 is 0 Å². The van der Waals surface area contributed by atoms with Crippen LogP contribution in [0, 0.1) is 17.2 Å². The van der Waals surface area contributed by atoms with E-state index in [-0.39, 0.29) is 11.8 Å². The summed E-state index contributed by atoms with van der Waals surface area (Å²) in [6.07, 6.45) is 7.55. The number of pyridine rings is 2. The minimum atomic E-state index is 0.196. The fraction of sp³-hybridized carbons (Fsp3) is 0.333. The van der Waals surface area contributed by atoms with E-state index in [1.54, 1.807) is 12.4 Å². The third-order valence-corrected chi connectivity index (χ3v) is 5.73. The Hall–Kier alpha value is -3.26. The van der Waals surface area contributed by atoms with E-state index in [2.05, 4.69) is 23.0 Å². The number of aromatic nitrogens is 2. The van der Waals surface area contributed by atoms with Crippen molar-refractivity contribution >= 4 is 16.8 Å². The molecule has 2 atom stereocenters. The standard InChI is InChI=1S/C24H24N4O/c1-17-12-20(21-8-7-19(13-25)24-22(21)5-3-11-27-24)16-28(15-17)23(29)9-6-18-4-2-10-26-14-18/h2-5,7-8,10-11,14,17,20H,6,9,12,15-16H2,1H3. The lowest BCUT2D eigenvalue weighted by atomic mass is 9.83. The first-order valence-corrected chi connectivity index (χ1v) is 10.1. The fourth-order valence-corrected chi connectivity index (χ4v) is 4.38. The summed E-state index contributed by atoms with van der Waals surface area (Å²) in [6.45, 7) is 3.72. The number of aryl methyl sites for hydroxylation is 1. The Morgan fingerprint density at radius 1 is 1.21 bits per heavy atom. The number of amides is 1. The molecule has 0 aliphatic carbocycles. The van der Waals surface area contributed by atoms with E-state index in [9.17, 15) is 10.1 Å². The van der Waals surface area contributed by atoms with Gasteiger partial charge in [0.25, 0.3) is 0 Å². The van der Waals surface area contributed by atoms with E-state index >= 15 is 0 Å². The predicted octanol–water partition coefficient (Wildman–Crippen LogP) is 4.09. The number of fused-ring (bicyclic) bond motifs is 1. The average Bonchev–Trinajstić information content (AvgIpc) is 2.77. The van der Waals surface area contributed by atoms with Gasteiger partial charge in [-0.25, -0.2) is 0 Å². The Balaban J connectivity index is 1.54. The summed E-state index contributed by atoms with van der Waals surface area (Å²) in [5.41, 5.74) is 3.62. The Morgan fingerprint density at radius 2 is 2.07 bits per heavy atom. The van der Waals surface area contributed by atoms with Crippen molar-refractivity contribution in [3.8, 4) is 6.07 Å². The summed E-state index contributed by atoms with van der Waals surface area (Å²) in [6, 6.07) is 14.0. The van der Waals surface area contributed by atoms with E-state index in [1.165, 1.54) is 5.56 Å². The first-order chi connectivity index (χ1) is 14.2. The summed E-state index contributed by atoms with van der Waals surface area (Å²) < 4.78 is 0. The Bertz CT molecular complexity index is 1060. The Morgan fingerprint density at radius 3 is 2.86 bits per heavy atom. The normalized spacial score (nSPS) is 19.1. The van der Waals surface area contributed by atoms with Gasteiger partial charge in [-0.3, -0.25) is 14.8 Å². The molecule has 0 N–H and O–H groups in total. The van der Waals surface area contributed by atoms with Crippen molar-refractivity contribution in [2.75, 3.05) is 13.1 Å². The van der Waals surface area contributed by atoms with Crippen LogP contribution >= 0.6 is 0 Å². The predicted molar refractivity (Wildman–Crippen MR) is 112 cm³/mol. The van der Waals surface area contributed by atoms with Gasteiger partial charge in [-0.05, 0) is 48.1 Å². The van der Waals surface area contributed by atoms with E-state index in [1.807, 2.05) is 47.5 Å². The molecule has 1 saturated heterocycles. The van der Waals surface area contributed by atoms with Crippen LogP contribution in [-0.4, -0.2) is 33.9 Å². The number of nitrogens with zero attached hydrogens (tertiary/aromatic N) is 4. The van der Waals surface area contributed by atoms with Crippen molar-refractivity contribution in [1.29, 1.82) is 5.26 Å². The maximum atomic E-state index is 12.9. The van der Waals surface area contributed by atoms with Crippen molar-refractivity contribution in [3.63, 3.8) is 0 Å². The zero-order valence-corrected chi connectivity index (χ0v) is 16.6. The highest BCUT2D eigenvalue weighted by atomic mass is 16.2. The second-order valence-electron chi connectivity index (χ2n) is 7.91. The van der Waals surface area contributed by atoms with Crippen LogP contribution in [0.5, 0.6) is 0 Å². The van der Waals surface area contributed by atoms with E-state index < -0.39 is 0 Å². The monoisotopic (exact) mass is 384 g/mol. The molecule has 0 spiro atoms. The number of hydrogen-bond acceptors (Lipinski definition) is 4. The highest BCUT2D eigenvalue weighted by Gasteiger charge is 2.29. The van der Waals surface area contributed by atoms with Gasteiger partial charge < -0.3 is 4.90 Å². The summed E-state index contributed by atoms with van der Waals surface area (Å²) in [5, 5.41) is 10.4. The largest absolute Gasteiger partial charge is 0.342 e. The number of benzene rings is 1. The van der Waals surface area contributed by atoms with E-state index in [0.717, 1.165) is 29.4 Å². The van der Waals surface area contributed by atoms with Crippen molar-refractivity contribution in [2.24, 2.45) is 5.92 Å². The third-order valence-electron chi connectivity index (χ3n) is 5.73. The molecular weight excluding hydrogens is 360 g/mol. The van der Waals surface area contributed by atoms with Gasteiger partial charge in [-0.15, -0.1) is 0 Å². The molecule has 1 amide bonds. The molecule has 1 aliphatic rings. The molecule has 1 aromatic carbocycles. The maximum Gasteiger partial charge on any atom is 0.222 e. The second kappa shape index (κ2) is 8.40. The average molecular weight is 384 g/mol. The van der Waals surface area contributed by atoms with Gasteiger partial charge in [0.1, 0.15) is 6.07 Å². The molecule has 0 radical (unpaired) electrons. The molecule has 1 aliphatic heterocycles. The number of hydrogen-bond donors (Lipinski definition) is 0. The number of rotatable bonds is 4. The fourth-order valence-electron chi connectivity index (χ4n) is 4.38. The molecule has 1 fully saturated rings. The van der Waals surface area contributed by atoms with Crippen LogP contribution in [-0.2, 0) is 11.2 Å². The van der Waals surface area contributed by atoms with Crippen molar-refractivity contribution in [1.82, 2.24) is 14.9 Å². The molecule has 4 rings (SSSR count). The van der Waals surface area contributed by atoms with Gasteiger partial charge in [0.15, 0.2) is 0 Å². The van der Waals surface area contributed by atoms with E-state index in [0.29, 0.717) is 30.9 Å². The minimum Gasteiger partial charge on any atom is -0.342 e. The molecule has 3 aromatic rings. The van der Waals surface area contributed by atoms with Gasteiger partial charge in [0, 0.05) is 49.4 Å². The van der Waals surface area contributed by atoms with Crippen LogP contribution in [0.3, 0.4) is 0 Å². The molecular formula is C24H24N4O. The van der Waals surface area contributed by atoms with Gasteiger partial charge in [-0.1, -0.05) is 25.1 Å². The lowest BCUT2D eigenvalue weighted by Crippen LogP contribution is -2.42. The van der Waals surface area contributed by atoms with Crippen LogP contribution in [0.1, 0.15) is 42.4 Å². The zero-order valence-electron chi connectivity index (χ0n) is 16.6. The highest BCUT2D eigenvalue weighted by molar-refractivity contribution is 5.87. The van der Waals surface area contributed by atoms with Crippen LogP contribution in [0.2, 0.25) is 0 Å². The first-order valence-electron chi connectivity index (χ1n) is 10.1. The summed E-state index contributed by atoms with van der Waals surface area (Å²) in [5.74, 6) is 0.875. The number of carbonyl (C=O) groups is 1. The van der Waals surface area contributed by atoms with Gasteiger partial charge in [-0.2, -0.15) is 5.26 Å². The van der Waals surface area contributed by atoms with Crippen molar-refractivity contribution < 1.29 is 4.79 Å². The number of likely N-dealkylation sites (tertiary alicyclic amines) is 1. The van der Waals surface area contributed by atoms with Crippen LogP contribution in [0.25, 0.3) is 10.9 Å². The molecule has 2 aromatic heterocycles. The first kappa shape index (κ1) is 19.1. The quantitative estimate of drug-likeness (QED) is 0.679. The van der Waals surface area contributed by atoms with Crippen LogP contribution < -0.4 is 0 Å². The second-order valence-corrected chi connectivity index (χ2v) is 7.91. The van der Waals surface area contributed by atoms with Gasteiger partial charge in [0.2, 0.25) is 5.91 Å². The number of nitriles is 1. The Kier molecular flexibility index (Phi) is 5.53. The summed E-state index contributed by atoms with van der Waals surface area (Å²) in [4.78, 5) is 23.5. The van der Waals surface area contributed by atoms with Crippen LogP contribution in [0.15, 0.2) is 55.0 Å². The zero-order chi connectivity index (χ0) is 20.2. The molecule has 0 saturated carbocycles. The highest BCUT2D eigenvalue weighted by Crippen LogP contribution is 2.35. The Labute approximate surface area is 171 Å². The minimum absolute atomic E-state index is 0.196. The molecule has 3 heterocycles.